The number of benzene rings is 1. The van der Waals surface area contributed by atoms with Crippen LogP contribution in [0.5, 0.6) is 0 Å². The molecule has 0 unspecified atom stereocenters. The summed E-state index contributed by atoms with van der Waals surface area (Å²) in [5.41, 5.74) is 3.07. The zero-order valence-electron chi connectivity index (χ0n) is 10.9. The van der Waals surface area contributed by atoms with Gasteiger partial charge in [0.1, 0.15) is 0 Å². The van der Waals surface area contributed by atoms with Crippen molar-refractivity contribution >= 4 is 17.5 Å². The van der Waals surface area contributed by atoms with E-state index in [0.29, 0.717) is 13.0 Å². The molecule has 1 aromatic carbocycles. The summed E-state index contributed by atoms with van der Waals surface area (Å²) in [5.74, 6) is 0.339. The number of hydrogen-bond donors (Lipinski definition) is 2. The number of hydrogen-bond acceptors (Lipinski definition) is 3. The second-order valence-corrected chi connectivity index (χ2v) is 5.17. The molecule has 2 heterocycles. The zero-order valence-corrected chi connectivity index (χ0v) is 10.9. The normalized spacial score (nSPS) is 18.2. The van der Waals surface area contributed by atoms with Crippen LogP contribution in [0.4, 0.5) is 5.69 Å². The van der Waals surface area contributed by atoms with Crippen molar-refractivity contribution in [1.82, 2.24) is 10.6 Å². The molecule has 0 aliphatic carbocycles. The number of anilines is 1. The Balaban J connectivity index is 1.65. The molecule has 1 saturated heterocycles. The molecule has 19 heavy (non-hydrogen) atoms. The number of amides is 2. The van der Waals surface area contributed by atoms with E-state index in [4.69, 9.17) is 0 Å². The van der Waals surface area contributed by atoms with Crippen LogP contribution in [0.1, 0.15) is 11.1 Å². The highest BCUT2D eigenvalue weighted by Gasteiger charge is 2.25. The standard InChI is InChI=1S/C14H17N3O2/c1-17-12-3-2-9(4-10(12)5-13(17)18)6-16-14(19)11-7-15-8-11/h2-4,11,15H,5-8H2,1H3,(H,16,19). The van der Waals surface area contributed by atoms with Gasteiger partial charge in [-0.1, -0.05) is 12.1 Å². The number of nitrogens with zero attached hydrogens (tertiary/aromatic N) is 1. The van der Waals surface area contributed by atoms with Gasteiger partial charge in [0.2, 0.25) is 11.8 Å². The van der Waals surface area contributed by atoms with Gasteiger partial charge in [0, 0.05) is 32.4 Å². The fourth-order valence-electron chi connectivity index (χ4n) is 2.44. The van der Waals surface area contributed by atoms with Crippen molar-refractivity contribution in [2.45, 2.75) is 13.0 Å². The van der Waals surface area contributed by atoms with Crippen molar-refractivity contribution in [2.75, 3.05) is 25.0 Å². The summed E-state index contributed by atoms with van der Waals surface area (Å²) >= 11 is 0. The van der Waals surface area contributed by atoms with Gasteiger partial charge in [0.05, 0.1) is 12.3 Å². The third-order valence-electron chi connectivity index (χ3n) is 3.84. The van der Waals surface area contributed by atoms with Gasteiger partial charge >= 0.3 is 0 Å². The molecule has 0 saturated carbocycles. The van der Waals surface area contributed by atoms with Gasteiger partial charge in [-0.2, -0.15) is 0 Å². The number of fused-ring (bicyclic) bond motifs is 1. The summed E-state index contributed by atoms with van der Waals surface area (Å²) in [6.07, 6.45) is 0.458. The average Bonchev–Trinajstić information content (AvgIpc) is 2.60. The Morgan fingerprint density at radius 2 is 2.26 bits per heavy atom. The fourth-order valence-corrected chi connectivity index (χ4v) is 2.44. The van der Waals surface area contributed by atoms with E-state index in [1.165, 1.54) is 0 Å². The summed E-state index contributed by atoms with van der Waals surface area (Å²) in [7, 11) is 1.79. The molecule has 0 atom stereocenters. The maximum Gasteiger partial charge on any atom is 0.231 e. The van der Waals surface area contributed by atoms with Crippen molar-refractivity contribution in [2.24, 2.45) is 5.92 Å². The second kappa shape index (κ2) is 4.66. The van der Waals surface area contributed by atoms with Crippen molar-refractivity contribution in [3.05, 3.63) is 29.3 Å². The lowest BCUT2D eigenvalue weighted by molar-refractivity contribution is -0.126. The van der Waals surface area contributed by atoms with Crippen molar-refractivity contribution in [3.8, 4) is 0 Å². The van der Waals surface area contributed by atoms with Crippen LogP contribution in [0.3, 0.4) is 0 Å². The molecule has 0 radical (unpaired) electrons. The van der Waals surface area contributed by atoms with Crippen LogP contribution in [0.25, 0.3) is 0 Å². The van der Waals surface area contributed by atoms with Gasteiger partial charge in [0.15, 0.2) is 0 Å². The molecule has 0 bridgehead atoms. The molecule has 0 spiro atoms. The Kier molecular flexibility index (Phi) is 2.98. The summed E-state index contributed by atoms with van der Waals surface area (Å²) in [5, 5.41) is 6.02. The molecule has 5 heteroatoms. The average molecular weight is 259 g/mol. The highest BCUT2D eigenvalue weighted by Crippen LogP contribution is 2.28. The Hall–Kier alpha value is -1.88. The van der Waals surface area contributed by atoms with Gasteiger partial charge in [-0.15, -0.1) is 0 Å². The van der Waals surface area contributed by atoms with Crippen molar-refractivity contribution in [1.29, 1.82) is 0 Å². The quantitative estimate of drug-likeness (QED) is 0.806. The molecule has 1 aromatic rings. The molecule has 2 amide bonds. The third-order valence-corrected chi connectivity index (χ3v) is 3.84. The van der Waals surface area contributed by atoms with E-state index >= 15 is 0 Å². The van der Waals surface area contributed by atoms with Gasteiger partial charge in [-0.05, 0) is 17.2 Å². The van der Waals surface area contributed by atoms with E-state index in [9.17, 15) is 9.59 Å². The van der Waals surface area contributed by atoms with Gasteiger partial charge in [0.25, 0.3) is 0 Å². The van der Waals surface area contributed by atoms with Crippen LogP contribution < -0.4 is 15.5 Å². The predicted octanol–water partition coefficient (Wildman–Crippen LogP) is 0.0411. The van der Waals surface area contributed by atoms with E-state index in [1.807, 2.05) is 18.2 Å². The number of rotatable bonds is 3. The minimum atomic E-state index is 0.104. The number of carbonyl (C=O) groups excluding carboxylic acids is 2. The molecule has 0 aromatic heterocycles. The number of nitrogens with one attached hydrogen (secondary N) is 2. The molecular formula is C14H17N3O2. The summed E-state index contributed by atoms with van der Waals surface area (Å²) in [4.78, 5) is 25.0. The van der Waals surface area contributed by atoms with Crippen LogP contribution >= 0.6 is 0 Å². The first-order chi connectivity index (χ1) is 9.15. The van der Waals surface area contributed by atoms with E-state index < -0.39 is 0 Å². The minimum absolute atomic E-state index is 0.104. The summed E-state index contributed by atoms with van der Waals surface area (Å²) in [6, 6.07) is 5.93. The first kappa shape index (κ1) is 12.2. The molecule has 2 N–H and O–H groups in total. The predicted molar refractivity (Wildman–Crippen MR) is 71.8 cm³/mol. The van der Waals surface area contributed by atoms with Crippen LogP contribution in [-0.2, 0) is 22.6 Å². The van der Waals surface area contributed by atoms with Crippen LogP contribution in [0.2, 0.25) is 0 Å². The topological polar surface area (TPSA) is 61.4 Å². The molecule has 1 fully saturated rings. The smallest absolute Gasteiger partial charge is 0.231 e. The van der Waals surface area contributed by atoms with Gasteiger partial charge < -0.3 is 15.5 Å². The van der Waals surface area contributed by atoms with E-state index in [2.05, 4.69) is 10.6 Å². The maximum atomic E-state index is 11.7. The van der Waals surface area contributed by atoms with Crippen molar-refractivity contribution < 1.29 is 9.59 Å². The Labute approximate surface area is 112 Å². The fraction of sp³-hybridized carbons (Fsp3) is 0.429. The van der Waals surface area contributed by atoms with Crippen LogP contribution in [0, 0.1) is 5.92 Å². The Morgan fingerprint density at radius 3 is 2.95 bits per heavy atom. The molecular weight excluding hydrogens is 242 g/mol. The number of likely N-dealkylation sites (N-methyl/N-ethyl adjacent to an activating group) is 1. The van der Waals surface area contributed by atoms with E-state index in [1.54, 1.807) is 11.9 Å². The highest BCUT2D eigenvalue weighted by molar-refractivity contribution is 6.00. The summed E-state index contributed by atoms with van der Waals surface area (Å²) in [6.45, 7) is 2.07. The SMILES string of the molecule is CN1C(=O)Cc2cc(CNC(=O)C3CNC3)ccc21. The van der Waals surface area contributed by atoms with Crippen molar-refractivity contribution in [3.63, 3.8) is 0 Å². The maximum absolute atomic E-state index is 11.7. The lowest BCUT2D eigenvalue weighted by atomic mass is 10.0. The van der Waals surface area contributed by atoms with Crippen LogP contribution in [-0.4, -0.2) is 32.0 Å². The van der Waals surface area contributed by atoms with Crippen LogP contribution in [0.15, 0.2) is 18.2 Å². The lowest BCUT2D eigenvalue weighted by Gasteiger charge is -2.25. The lowest BCUT2D eigenvalue weighted by Crippen LogP contribution is -2.50. The first-order valence-electron chi connectivity index (χ1n) is 6.52. The summed E-state index contributed by atoms with van der Waals surface area (Å²) < 4.78 is 0. The molecule has 3 rings (SSSR count). The second-order valence-electron chi connectivity index (χ2n) is 5.17. The monoisotopic (exact) mass is 259 g/mol. The van der Waals surface area contributed by atoms with Gasteiger partial charge in [-0.25, -0.2) is 0 Å². The molecule has 2 aliphatic rings. The largest absolute Gasteiger partial charge is 0.352 e. The molecule has 100 valence electrons. The Morgan fingerprint density at radius 1 is 1.47 bits per heavy atom. The zero-order chi connectivity index (χ0) is 13.4. The first-order valence-corrected chi connectivity index (χ1v) is 6.52. The molecule has 2 aliphatic heterocycles. The third kappa shape index (κ3) is 2.21. The number of carbonyl (C=O) groups is 2. The van der Waals surface area contributed by atoms with Gasteiger partial charge in [-0.3, -0.25) is 9.59 Å². The van der Waals surface area contributed by atoms with E-state index in [0.717, 1.165) is 29.9 Å². The molecule has 5 nitrogen and oxygen atoms in total. The minimum Gasteiger partial charge on any atom is -0.352 e. The highest BCUT2D eigenvalue weighted by atomic mass is 16.2. The Bertz CT molecular complexity index is 537. The van der Waals surface area contributed by atoms with E-state index in [-0.39, 0.29) is 17.7 Å².